The van der Waals surface area contributed by atoms with Crippen LogP contribution < -0.4 is 16.4 Å². The minimum atomic E-state index is -0.831. The third-order valence-corrected chi connectivity index (χ3v) is 4.55. The average Bonchev–Trinajstić information content (AvgIpc) is 3.14. The number of H-pyrrole nitrogens is 3. The van der Waals surface area contributed by atoms with E-state index in [2.05, 4.69) is 35.9 Å². The van der Waals surface area contributed by atoms with Gasteiger partial charge >= 0.3 is 11.1 Å². The van der Waals surface area contributed by atoms with Crippen molar-refractivity contribution >= 4 is 16.7 Å². The number of hydrogen-bond acceptors (Lipinski definition) is 8. The summed E-state index contributed by atoms with van der Waals surface area (Å²) in [6, 6.07) is 1.29. The highest BCUT2D eigenvalue weighted by molar-refractivity contribution is 5.83. The molecular weight excluding hydrogens is 344 g/mol. The highest BCUT2D eigenvalue weighted by atomic mass is 16.6. The first-order chi connectivity index (χ1) is 12.5. The van der Waals surface area contributed by atoms with Crippen LogP contribution >= 0.6 is 0 Å². The molecule has 12 heteroatoms. The molecule has 1 unspecified atom stereocenters. The van der Waals surface area contributed by atoms with E-state index in [4.69, 9.17) is 0 Å². The lowest BCUT2D eigenvalue weighted by atomic mass is 9.86. The number of nitrogens with zero attached hydrogens (tertiary/aromatic N) is 4. The van der Waals surface area contributed by atoms with Crippen LogP contribution in [0.25, 0.3) is 11.0 Å². The third-order valence-electron chi connectivity index (χ3n) is 4.55. The summed E-state index contributed by atoms with van der Waals surface area (Å²) in [7, 11) is 0. The number of fused-ring (bicyclic) bond motifs is 3. The second kappa shape index (κ2) is 6.15. The first-order valence-electron chi connectivity index (χ1n) is 7.94. The van der Waals surface area contributed by atoms with Gasteiger partial charge in [0.1, 0.15) is 0 Å². The number of rotatable bonds is 4. The van der Waals surface area contributed by atoms with Crippen LogP contribution in [0, 0.1) is 10.1 Å². The summed E-state index contributed by atoms with van der Waals surface area (Å²) >= 11 is 0. The molecule has 0 saturated heterocycles. The minimum Gasteiger partial charge on any atom is -0.316 e. The number of tetrazole rings is 1. The average molecular weight is 358 g/mol. The van der Waals surface area contributed by atoms with Crippen LogP contribution in [0.2, 0.25) is 0 Å². The molecule has 0 saturated carbocycles. The van der Waals surface area contributed by atoms with Crippen LogP contribution in [0.3, 0.4) is 0 Å². The van der Waals surface area contributed by atoms with E-state index in [9.17, 15) is 19.7 Å². The maximum Gasteiger partial charge on any atom is 0.314 e. The van der Waals surface area contributed by atoms with Gasteiger partial charge in [0.25, 0.3) is 5.69 Å². The lowest BCUT2D eigenvalue weighted by Gasteiger charge is -2.25. The topological polar surface area (TPSA) is 175 Å². The Hall–Kier alpha value is -3.41. The number of nitrogens with one attached hydrogen (secondary N) is 4. The molecule has 12 nitrogen and oxygen atoms in total. The molecule has 2 heterocycles. The number of nitro benzene ring substituents is 1. The molecule has 134 valence electrons. The maximum absolute atomic E-state index is 11.7. The van der Waals surface area contributed by atoms with Crippen LogP contribution in [0.4, 0.5) is 5.69 Å². The van der Waals surface area contributed by atoms with Gasteiger partial charge in [0.15, 0.2) is 5.82 Å². The molecule has 0 fully saturated rings. The molecule has 1 aliphatic carbocycles. The normalized spacial score (nSPS) is 16.5. The van der Waals surface area contributed by atoms with E-state index >= 15 is 0 Å². The molecule has 4 rings (SSSR count). The summed E-state index contributed by atoms with van der Waals surface area (Å²) in [5.74, 6) is 0.505. The number of hydrogen-bond donors (Lipinski definition) is 4. The van der Waals surface area contributed by atoms with Gasteiger partial charge in [0.2, 0.25) is 0 Å². The highest BCUT2D eigenvalue weighted by Gasteiger charge is 2.28. The van der Waals surface area contributed by atoms with Crippen LogP contribution in [0.1, 0.15) is 23.4 Å². The van der Waals surface area contributed by atoms with Crippen molar-refractivity contribution in [2.45, 2.75) is 31.8 Å². The summed E-state index contributed by atoms with van der Waals surface area (Å²) in [5, 5.41) is 28.3. The zero-order chi connectivity index (χ0) is 18.3. The largest absolute Gasteiger partial charge is 0.316 e. The van der Waals surface area contributed by atoms with Gasteiger partial charge in [0.05, 0.1) is 22.5 Å². The van der Waals surface area contributed by atoms with Crippen LogP contribution in [0.5, 0.6) is 0 Å². The van der Waals surface area contributed by atoms with E-state index in [0.717, 1.165) is 0 Å². The molecule has 1 aromatic carbocycles. The van der Waals surface area contributed by atoms with Gasteiger partial charge in [-0.25, -0.2) is 0 Å². The fourth-order valence-corrected chi connectivity index (χ4v) is 3.36. The summed E-state index contributed by atoms with van der Waals surface area (Å²) in [4.78, 5) is 39.2. The van der Waals surface area contributed by atoms with E-state index < -0.39 is 16.0 Å². The maximum atomic E-state index is 11.7. The second-order valence-electron chi connectivity index (χ2n) is 6.09. The Morgan fingerprint density at radius 2 is 2.08 bits per heavy atom. The fourth-order valence-electron chi connectivity index (χ4n) is 3.36. The fraction of sp³-hybridized carbons (Fsp3) is 0.357. The number of aromatic nitrogens is 6. The molecule has 1 aliphatic rings. The molecule has 0 amide bonds. The van der Waals surface area contributed by atoms with Crippen molar-refractivity contribution in [3.63, 3.8) is 0 Å². The van der Waals surface area contributed by atoms with Gasteiger partial charge in [-0.1, -0.05) is 5.21 Å². The van der Waals surface area contributed by atoms with Crippen molar-refractivity contribution in [2.24, 2.45) is 0 Å². The lowest BCUT2D eigenvalue weighted by Crippen LogP contribution is -2.35. The predicted octanol–water partition coefficient (Wildman–Crippen LogP) is -0.715. The van der Waals surface area contributed by atoms with Gasteiger partial charge in [-0.15, -0.1) is 10.2 Å². The predicted molar refractivity (Wildman–Crippen MR) is 88.7 cm³/mol. The molecule has 0 bridgehead atoms. The number of benzene rings is 1. The lowest BCUT2D eigenvalue weighted by molar-refractivity contribution is -0.385. The molecule has 0 radical (unpaired) electrons. The number of aryl methyl sites for hydroxylation is 1. The minimum absolute atomic E-state index is 0.00775. The van der Waals surface area contributed by atoms with E-state index in [-0.39, 0.29) is 17.2 Å². The quantitative estimate of drug-likeness (QED) is 0.268. The summed E-state index contributed by atoms with van der Waals surface area (Å²) < 4.78 is 0. The molecule has 0 spiro atoms. The molecular formula is C14H14N8O4. The molecule has 26 heavy (non-hydrogen) atoms. The standard InChI is InChI=1S/C14H14N8O4/c23-13-14(24)17-12-7-2-1-6(15-5-11-18-20-21-19-11)3-8(7)10(22(25)26)4-9(12)16-13/h4,6,15H,1-3,5H2,(H,16,23)(H,17,24)(H,18,19,20,21). The Morgan fingerprint density at radius 3 is 2.81 bits per heavy atom. The van der Waals surface area contributed by atoms with Crippen molar-refractivity contribution in [1.82, 2.24) is 35.9 Å². The van der Waals surface area contributed by atoms with Crippen molar-refractivity contribution in [3.05, 3.63) is 53.8 Å². The van der Waals surface area contributed by atoms with E-state index in [1.165, 1.54) is 6.07 Å². The summed E-state index contributed by atoms with van der Waals surface area (Å²) in [6.45, 7) is 0.391. The van der Waals surface area contributed by atoms with Crippen LogP contribution in [-0.4, -0.2) is 41.6 Å². The van der Waals surface area contributed by atoms with Gasteiger partial charge in [-0.2, -0.15) is 5.21 Å². The molecule has 1 atom stereocenters. The second-order valence-corrected chi connectivity index (χ2v) is 6.09. The van der Waals surface area contributed by atoms with Gasteiger partial charge in [-0.05, 0) is 24.8 Å². The van der Waals surface area contributed by atoms with Crippen molar-refractivity contribution in [2.75, 3.05) is 0 Å². The SMILES string of the molecule is O=c1[nH]c2cc([N+](=O)[O-])c3c(c2[nH]c1=O)CCC(NCc1nn[nH]n1)C3. The summed E-state index contributed by atoms with van der Waals surface area (Å²) in [6.07, 6.45) is 1.66. The number of nitro groups is 1. The van der Waals surface area contributed by atoms with E-state index in [1.807, 2.05) is 0 Å². The van der Waals surface area contributed by atoms with Gasteiger partial charge < -0.3 is 15.3 Å². The zero-order valence-electron chi connectivity index (χ0n) is 13.4. The van der Waals surface area contributed by atoms with Gasteiger partial charge in [0, 0.05) is 17.7 Å². The Kier molecular flexibility index (Phi) is 3.80. The number of aromatic amines is 3. The summed E-state index contributed by atoms with van der Waals surface area (Å²) in [5.41, 5.74) is 0.293. The molecule has 2 aromatic heterocycles. The first kappa shape index (κ1) is 16.1. The first-order valence-corrected chi connectivity index (χ1v) is 7.94. The smallest absolute Gasteiger partial charge is 0.314 e. The monoisotopic (exact) mass is 358 g/mol. The zero-order valence-corrected chi connectivity index (χ0v) is 13.4. The van der Waals surface area contributed by atoms with Crippen molar-refractivity contribution in [3.8, 4) is 0 Å². The van der Waals surface area contributed by atoms with Crippen LogP contribution in [-0.2, 0) is 19.4 Å². The molecule has 3 aromatic rings. The van der Waals surface area contributed by atoms with Crippen LogP contribution in [0.15, 0.2) is 15.7 Å². The van der Waals surface area contributed by atoms with Crippen molar-refractivity contribution < 1.29 is 4.92 Å². The third kappa shape index (κ3) is 2.75. The van der Waals surface area contributed by atoms with Crippen molar-refractivity contribution in [1.29, 1.82) is 0 Å². The van der Waals surface area contributed by atoms with E-state index in [0.29, 0.717) is 48.3 Å². The van der Waals surface area contributed by atoms with Gasteiger partial charge in [-0.3, -0.25) is 19.7 Å². The Bertz CT molecular complexity index is 1100. The van der Waals surface area contributed by atoms with E-state index in [1.54, 1.807) is 0 Å². The Morgan fingerprint density at radius 1 is 1.27 bits per heavy atom. The Balaban J connectivity index is 1.73. The highest BCUT2D eigenvalue weighted by Crippen LogP contribution is 2.34. The molecule has 0 aliphatic heterocycles. The molecule has 4 N–H and O–H groups in total. The Labute approximate surface area is 144 Å².